The molecule has 2 amide bonds. The zero-order valence-corrected chi connectivity index (χ0v) is 32.4. The molecule has 1 aromatic rings. The first-order valence-electron chi connectivity index (χ1n) is 16.4. The molecule has 1 aliphatic rings. The number of amides is 2. The van der Waals surface area contributed by atoms with Crippen LogP contribution in [0.25, 0.3) is 0 Å². The van der Waals surface area contributed by atoms with Crippen LogP contribution in [-0.4, -0.2) is 114 Å². The molecule has 1 fully saturated rings. The molecule has 0 aliphatic carbocycles. The Morgan fingerprint density at radius 3 is 2.12 bits per heavy atom. The Kier molecular flexibility index (Phi) is 16.3. The third kappa shape index (κ3) is 12.9. The van der Waals surface area contributed by atoms with Crippen molar-refractivity contribution in [2.45, 2.75) is 103 Å². The van der Waals surface area contributed by atoms with Gasteiger partial charge < -0.3 is 47.8 Å². The molecular formula is C35H50N2O14Si. The van der Waals surface area contributed by atoms with Crippen molar-refractivity contribution in [3.63, 3.8) is 0 Å². The first kappa shape index (κ1) is 43.7. The van der Waals surface area contributed by atoms with E-state index in [1.54, 1.807) is 12.1 Å². The van der Waals surface area contributed by atoms with Crippen molar-refractivity contribution >= 4 is 49.7 Å². The van der Waals surface area contributed by atoms with E-state index in [1.807, 2.05) is 0 Å². The van der Waals surface area contributed by atoms with Gasteiger partial charge in [-0.3, -0.25) is 24.0 Å². The molecule has 1 N–H and O–H groups in total. The van der Waals surface area contributed by atoms with Crippen molar-refractivity contribution in [2.75, 3.05) is 39.2 Å². The van der Waals surface area contributed by atoms with E-state index >= 15 is 0 Å². The van der Waals surface area contributed by atoms with Gasteiger partial charge in [-0.2, -0.15) is 0 Å². The van der Waals surface area contributed by atoms with E-state index in [0.717, 1.165) is 27.9 Å². The Hall–Kier alpha value is -4.50. The number of ether oxygens (including phenoxy) is 7. The SMILES string of the molecule is C#CCOCCC(=O)N(C)CC(=O)Nc1cc(CO[Si](C)(C)C(C)(C)C)ccc1O[C@H]1OC(C(=O)OC)[C@@H](OC(C)=O)C(OC(C)=O)C1OC(C)=O. The second-order valence-electron chi connectivity index (χ2n) is 13.5. The summed E-state index contributed by atoms with van der Waals surface area (Å²) in [6.45, 7) is 13.6. The number of rotatable bonds is 16. The number of nitrogens with one attached hydrogen (secondary N) is 1. The third-order valence-electron chi connectivity index (χ3n) is 8.25. The fraction of sp³-hybridized carbons (Fsp3) is 0.600. The average Bonchev–Trinajstić information content (AvgIpc) is 3.03. The summed E-state index contributed by atoms with van der Waals surface area (Å²) in [5.41, 5.74) is 0.759. The first-order chi connectivity index (χ1) is 24.2. The predicted octanol–water partition coefficient (Wildman–Crippen LogP) is 2.72. The number of carbonyl (C=O) groups excluding carboxylic acids is 6. The quantitative estimate of drug-likeness (QED) is 0.0853. The molecule has 17 heteroatoms. The topological polar surface area (TPSA) is 192 Å². The number of methoxy groups -OCH3 is 1. The van der Waals surface area contributed by atoms with Gasteiger partial charge in [0.15, 0.2) is 26.6 Å². The standard InChI is InChI=1S/C35H50N2O14Si/c1-12-16-45-17-15-28(42)37(8)19-27(41)36-25-18-24(20-46-52(10,11)35(5,6)7)13-14-26(25)50-34-32(49-23(4)40)30(48-22(3)39)29(47-21(2)38)31(51-34)33(43)44-9/h1,13-14,18,29-32,34H,15-17,19-20H2,2-11H3,(H,36,41)/t29-,30?,31?,32?,34-/m0/s1. The molecule has 0 spiro atoms. The molecule has 3 unspecified atom stereocenters. The lowest BCUT2D eigenvalue weighted by atomic mass is 9.97. The molecule has 1 aliphatic heterocycles. The highest BCUT2D eigenvalue weighted by atomic mass is 28.4. The number of nitrogens with zero attached hydrogens (tertiary/aromatic N) is 1. The summed E-state index contributed by atoms with van der Waals surface area (Å²) in [7, 11) is 0.318. The second kappa shape index (κ2) is 19.4. The Bertz CT molecular complexity index is 1500. The Balaban J connectivity index is 2.56. The van der Waals surface area contributed by atoms with Gasteiger partial charge in [-0.1, -0.05) is 32.8 Å². The number of terminal acetylenes is 1. The highest BCUT2D eigenvalue weighted by Gasteiger charge is 2.56. The van der Waals surface area contributed by atoms with Crippen molar-refractivity contribution in [3.8, 4) is 18.1 Å². The Labute approximate surface area is 305 Å². The summed E-state index contributed by atoms with van der Waals surface area (Å²) in [5, 5.41) is 2.66. The van der Waals surface area contributed by atoms with Gasteiger partial charge in [-0.15, -0.1) is 6.42 Å². The Morgan fingerprint density at radius 2 is 1.56 bits per heavy atom. The average molecular weight is 751 g/mol. The van der Waals surface area contributed by atoms with Crippen LogP contribution < -0.4 is 10.1 Å². The summed E-state index contributed by atoms with van der Waals surface area (Å²) < 4.78 is 44.7. The van der Waals surface area contributed by atoms with E-state index in [-0.39, 0.29) is 55.2 Å². The van der Waals surface area contributed by atoms with E-state index in [4.69, 9.17) is 44.0 Å². The summed E-state index contributed by atoms with van der Waals surface area (Å²) >= 11 is 0. The van der Waals surface area contributed by atoms with Crippen molar-refractivity contribution in [3.05, 3.63) is 23.8 Å². The van der Waals surface area contributed by atoms with Crippen LogP contribution in [0.5, 0.6) is 5.75 Å². The zero-order chi connectivity index (χ0) is 39.4. The molecule has 2 rings (SSSR count). The summed E-state index contributed by atoms with van der Waals surface area (Å²) in [6.07, 6.45) is -3.00. The number of hydrogen-bond acceptors (Lipinski definition) is 14. The minimum atomic E-state index is -2.20. The fourth-order valence-corrected chi connectivity index (χ4v) is 5.58. The number of benzene rings is 1. The van der Waals surface area contributed by atoms with Gasteiger partial charge >= 0.3 is 23.9 Å². The molecule has 1 aromatic carbocycles. The number of hydrogen-bond donors (Lipinski definition) is 1. The smallest absolute Gasteiger partial charge is 0.339 e. The van der Waals surface area contributed by atoms with Crippen LogP contribution in [0.4, 0.5) is 5.69 Å². The zero-order valence-electron chi connectivity index (χ0n) is 31.4. The summed E-state index contributed by atoms with van der Waals surface area (Å²) in [6, 6.07) is 4.77. The van der Waals surface area contributed by atoms with Crippen LogP contribution in [0.3, 0.4) is 0 Å². The molecule has 52 heavy (non-hydrogen) atoms. The van der Waals surface area contributed by atoms with Gasteiger partial charge in [-0.05, 0) is 35.8 Å². The van der Waals surface area contributed by atoms with Crippen molar-refractivity contribution in [1.82, 2.24) is 4.90 Å². The van der Waals surface area contributed by atoms with Crippen LogP contribution in [0.15, 0.2) is 18.2 Å². The van der Waals surface area contributed by atoms with Crippen molar-refractivity contribution < 1.29 is 66.4 Å². The van der Waals surface area contributed by atoms with Gasteiger partial charge in [0.2, 0.25) is 24.2 Å². The van der Waals surface area contributed by atoms with Gasteiger partial charge in [0.1, 0.15) is 12.4 Å². The summed E-state index contributed by atoms with van der Waals surface area (Å²) in [4.78, 5) is 76.6. The van der Waals surface area contributed by atoms with Gasteiger partial charge in [-0.25, -0.2) is 4.79 Å². The maximum atomic E-state index is 13.3. The van der Waals surface area contributed by atoms with E-state index in [9.17, 15) is 28.8 Å². The monoisotopic (exact) mass is 750 g/mol. The minimum absolute atomic E-state index is 0.00412. The molecule has 0 radical (unpaired) electrons. The largest absolute Gasteiger partial charge is 0.467 e. The molecule has 5 atom stereocenters. The van der Waals surface area contributed by atoms with E-state index < -0.39 is 68.8 Å². The van der Waals surface area contributed by atoms with Crippen LogP contribution in [0.2, 0.25) is 18.1 Å². The number of esters is 4. The minimum Gasteiger partial charge on any atom is -0.467 e. The van der Waals surface area contributed by atoms with Crippen LogP contribution in [0, 0.1) is 12.3 Å². The number of likely N-dealkylation sites (N-methyl/N-ethyl adjacent to an activating group) is 1. The highest BCUT2D eigenvalue weighted by molar-refractivity contribution is 6.74. The molecule has 16 nitrogen and oxygen atoms in total. The predicted molar refractivity (Wildman–Crippen MR) is 187 cm³/mol. The van der Waals surface area contributed by atoms with E-state index in [0.29, 0.717) is 5.56 Å². The number of carbonyl (C=O) groups is 6. The molecular weight excluding hydrogens is 700 g/mol. The van der Waals surface area contributed by atoms with E-state index in [2.05, 4.69) is 45.1 Å². The van der Waals surface area contributed by atoms with Crippen molar-refractivity contribution in [1.29, 1.82) is 0 Å². The number of anilines is 1. The van der Waals surface area contributed by atoms with Gasteiger partial charge in [0.05, 0.1) is 39.0 Å². The molecule has 288 valence electrons. The Morgan fingerprint density at radius 1 is 0.962 bits per heavy atom. The molecule has 0 aromatic heterocycles. The van der Waals surface area contributed by atoms with Gasteiger partial charge in [0.25, 0.3) is 0 Å². The second-order valence-corrected chi connectivity index (χ2v) is 18.3. The van der Waals surface area contributed by atoms with E-state index in [1.165, 1.54) is 18.0 Å². The maximum Gasteiger partial charge on any atom is 0.339 e. The molecule has 0 saturated carbocycles. The molecule has 0 bridgehead atoms. The summed E-state index contributed by atoms with van der Waals surface area (Å²) in [5.74, 6) is -2.26. The fourth-order valence-electron chi connectivity index (χ4n) is 4.62. The lowest BCUT2D eigenvalue weighted by Crippen LogP contribution is -2.64. The molecule has 1 saturated heterocycles. The van der Waals surface area contributed by atoms with Gasteiger partial charge in [0, 0.05) is 27.8 Å². The third-order valence-corrected chi connectivity index (χ3v) is 12.7. The van der Waals surface area contributed by atoms with Crippen LogP contribution in [-0.2, 0) is 68.2 Å². The van der Waals surface area contributed by atoms with Crippen LogP contribution in [0.1, 0.15) is 53.5 Å². The first-order valence-corrected chi connectivity index (χ1v) is 19.3. The lowest BCUT2D eigenvalue weighted by molar-refractivity contribution is -0.282. The van der Waals surface area contributed by atoms with Crippen LogP contribution >= 0.6 is 0 Å². The van der Waals surface area contributed by atoms with Crippen molar-refractivity contribution in [2.24, 2.45) is 0 Å². The molecule has 1 heterocycles. The highest BCUT2D eigenvalue weighted by Crippen LogP contribution is 2.38. The maximum absolute atomic E-state index is 13.3. The normalized spacial score (nSPS) is 20.1. The lowest BCUT2D eigenvalue weighted by Gasteiger charge is -2.43.